The van der Waals surface area contributed by atoms with Gasteiger partial charge in [0.2, 0.25) is 0 Å². The molecule has 2 aromatic heterocycles. The van der Waals surface area contributed by atoms with Crippen LogP contribution in [0.1, 0.15) is 0 Å². The molecule has 0 saturated heterocycles. The number of benzene rings is 2. The minimum atomic E-state index is 0.426. The molecule has 2 N–H and O–H groups in total. The molecule has 0 aliphatic carbocycles. The lowest BCUT2D eigenvalue weighted by Crippen LogP contribution is -1.98. The molecule has 0 atom stereocenters. The number of hydrogen-bond donors (Lipinski definition) is 1. The SMILES string of the molecule is Nc1ncnc2nc(-c3ccc(Br)cc3)cc(-c3cccc(Br)c3)c12. The van der Waals surface area contributed by atoms with E-state index in [4.69, 9.17) is 5.73 Å². The molecule has 2 aromatic carbocycles. The molecular formula is C19H12Br2N4. The van der Waals surface area contributed by atoms with E-state index < -0.39 is 0 Å². The lowest BCUT2D eigenvalue weighted by atomic mass is 10.00. The van der Waals surface area contributed by atoms with Crippen molar-refractivity contribution in [3.63, 3.8) is 0 Å². The molecule has 0 radical (unpaired) electrons. The third-order valence-electron chi connectivity index (χ3n) is 3.91. The van der Waals surface area contributed by atoms with Crippen molar-refractivity contribution in [1.29, 1.82) is 0 Å². The number of fused-ring (bicyclic) bond motifs is 1. The molecule has 122 valence electrons. The minimum absolute atomic E-state index is 0.426. The highest BCUT2D eigenvalue weighted by Crippen LogP contribution is 2.34. The molecule has 2 heterocycles. The largest absolute Gasteiger partial charge is 0.383 e. The van der Waals surface area contributed by atoms with Gasteiger partial charge in [0.05, 0.1) is 11.1 Å². The molecule has 0 aliphatic heterocycles. The normalized spacial score (nSPS) is 11.0. The molecule has 0 unspecified atom stereocenters. The van der Waals surface area contributed by atoms with E-state index in [0.29, 0.717) is 11.5 Å². The van der Waals surface area contributed by atoms with E-state index in [1.807, 2.05) is 54.6 Å². The molecule has 4 rings (SSSR count). The monoisotopic (exact) mass is 454 g/mol. The third kappa shape index (κ3) is 3.15. The van der Waals surface area contributed by atoms with Gasteiger partial charge in [-0.05, 0) is 41.5 Å². The first-order valence-electron chi connectivity index (χ1n) is 7.55. The predicted molar refractivity (Wildman–Crippen MR) is 108 cm³/mol. The van der Waals surface area contributed by atoms with E-state index in [1.165, 1.54) is 6.33 Å². The Morgan fingerprint density at radius 1 is 0.800 bits per heavy atom. The van der Waals surface area contributed by atoms with Crippen molar-refractivity contribution in [3.05, 3.63) is 69.9 Å². The highest BCUT2D eigenvalue weighted by Gasteiger charge is 2.13. The number of nitrogen functional groups attached to an aromatic ring is 1. The van der Waals surface area contributed by atoms with Gasteiger partial charge in [-0.2, -0.15) is 0 Å². The van der Waals surface area contributed by atoms with Gasteiger partial charge in [-0.25, -0.2) is 15.0 Å². The van der Waals surface area contributed by atoms with Gasteiger partial charge in [0.25, 0.3) is 0 Å². The molecule has 25 heavy (non-hydrogen) atoms. The van der Waals surface area contributed by atoms with E-state index >= 15 is 0 Å². The zero-order chi connectivity index (χ0) is 17.4. The van der Waals surface area contributed by atoms with Crippen molar-refractivity contribution in [2.45, 2.75) is 0 Å². The van der Waals surface area contributed by atoms with Crippen molar-refractivity contribution >= 4 is 48.7 Å². The number of nitrogens with two attached hydrogens (primary N) is 1. The molecule has 0 saturated carbocycles. The molecule has 6 heteroatoms. The zero-order valence-corrected chi connectivity index (χ0v) is 16.1. The van der Waals surface area contributed by atoms with Crippen LogP contribution in [0, 0.1) is 0 Å². The van der Waals surface area contributed by atoms with Gasteiger partial charge < -0.3 is 5.73 Å². The van der Waals surface area contributed by atoms with E-state index in [1.54, 1.807) is 0 Å². The number of pyridine rings is 1. The van der Waals surface area contributed by atoms with Crippen molar-refractivity contribution in [1.82, 2.24) is 15.0 Å². The Morgan fingerprint density at radius 2 is 1.60 bits per heavy atom. The summed E-state index contributed by atoms with van der Waals surface area (Å²) in [6, 6.07) is 18.1. The smallest absolute Gasteiger partial charge is 0.165 e. The highest BCUT2D eigenvalue weighted by atomic mass is 79.9. The maximum absolute atomic E-state index is 6.13. The van der Waals surface area contributed by atoms with Crippen LogP contribution in [0.25, 0.3) is 33.4 Å². The summed E-state index contributed by atoms with van der Waals surface area (Å²) in [5.74, 6) is 0.426. The lowest BCUT2D eigenvalue weighted by molar-refractivity contribution is 1.19. The quantitative estimate of drug-likeness (QED) is 0.435. The predicted octanol–water partition coefficient (Wildman–Crippen LogP) is 5.47. The number of anilines is 1. The Balaban J connectivity index is 2.03. The first-order valence-corrected chi connectivity index (χ1v) is 9.13. The van der Waals surface area contributed by atoms with Crippen LogP contribution in [-0.4, -0.2) is 15.0 Å². The topological polar surface area (TPSA) is 64.7 Å². The lowest BCUT2D eigenvalue weighted by Gasteiger charge is -2.11. The Morgan fingerprint density at radius 3 is 2.36 bits per heavy atom. The minimum Gasteiger partial charge on any atom is -0.383 e. The van der Waals surface area contributed by atoms with Gasteiger partial charge in [-0.15, -0.1) is 0 Å². The summed E-state index contributed by atoms with van der Waals surface area (Å²) in [6.07, 6.45) is 1.45. The van der Waals surface area contributed by atoms with Crippen LogP contribution in [0.2, 0.25) is 0 Å². The van der Waals surface area contributed by atoms with Gasteiger partial charge in [0.15, 0.2) is 5.65 Å². The van der Waals surface area contributed by atoms with Crippen LogP contribution >= 0.6 is 31.9 Å². The number of hydrogen-bond acceptors (Lipinski definition) is 4. The van der Waals surface area contributed by atoms with Crippen molar-refractivity contribution in [3.8, 4) is 22.4 Å². The summed E-state index contributed by atoms with van der Waals surface area (Å²) < 4.78 is 2.02. The summed E-state index contributed by atoms with van der Waals surface area (Å²) in [6.45, 7) is 0. The summed E-state index contributed by atoms with van der Waals surface area (Å²) in [4.78, 5) is 13.2. The van der Waals surface area contributed by atoms with Crippen LogP contribution in [0.15, 0.2) is 69.9 Å². The number of rotatable bonds is 2. The molecule has 4 nitrogen and oxygen atoms in total. The standard InChI is InChI=1S/C19H12Br2N4/c20-13-6-4-11(5-7-13)16-9-15(12-2-1-3-14(21)8-12)17-18(22)23-10-24-19(17)25-16/h1-10H,(H2,22,23,24,25). The van der Waals surface area contributed by atoms with Gasteiger partial charge in [0.1, 0.15) is 12.1 Å². The first-order chi connectivity index (χ1) is 12.1. The summed E-state index contributed by atoms with van der Waals surface area (Å²) >= 11 is 6.99. The molecule has 0 aliphatic rings. The van der Waals surface area contributed by atoms with Crippen molar-refractivity contribution < 1.29 is 0 Å². The third-order valence-corrected chi connectivity index (χ3v) is 4.93. The van der Waals surface area contributed by atoms with Crippen LogP contribution in [0.5, 0.6) is 0 Å². The van der Waals surface area contributed by atoms with E-state index in [-0.39, 0.29) is 0 Å². The Labute approximate surface area is 161 Å². The maximum Gasteiger partial charge on any atom is 0.165 e. The second kappa shape index (κ2) is 6.54. The maximum atomic E-state index is 6.13. The first kappa shape index (κ1) is 16.2. The van der Waals surface area contributed by atoms with Crippen LogP contribution in [0.4, 0.5) is 5.82 Å². The molecule has 0 spiro atoms. The summed E-state index contributed by atoms with van der Waals surface area (Å²) in [5, 5.41) is 0.765. The Kier molecular flexibility index (Phi) is 4.23. The summed E-state index contributed by atoms with van der Waals surface area (Å²) in [7, 11) is 0. The van der Waals surface area contributed by atoms with Gasteiger partial charge in [0, 0.05) is 14.5 Å². The van der Waals surface area contributed by atoms with Gasteiger partial charge in [-0.3, -0.25) is 0 Å². The summed E-state index contributed by atoms with van der Waals surface area (Å²) in [5.41, 5.74) is 10.6. The van der Waals surface area contributed by atoms with E-state index in [2.05, 4.69) is 46.8 Å². The van der Waals surface area contributed by atoms with Crippen molar-refractivity contribution in [2.75, 3.05) is 5.73 Å². The average Bonchev–Trinajstić information content (AvgIpc) is 2.61. The molecule has 0 bridgehead atoms. The average molecular weight is 456 g/mol. The van der Waals surface area contributed by atoms with Crippen LogP contribution < -0.4 is 5.73 Å². The van der Waals surface area contributed by atoms with Gasteiger partial charge >= 0.3 is 0 Å². The Bertz CT molecular complexity index is 1080. The number of nitrogens with zero attached hydrogens (tertiary/aromatic N) is 3. The fraction of sp³-hybridized carbons (Fsp3) is 0. The fourth-order valence-corrected chi connectivity index (χ4v) is 3.40. The van der Waals surface area contributed by atoms with Gasteiger partial charge in [-0.1, -0.05) is 56.1 Å². The van der Waals surface area contributed by atoms with Crippen LogP contribution in [-0.2, 0) is 0 Å². The highest BCUT2D eigenvalue weighted by molar-refractivity contribution is 9.10. The Hall–Kier alpha value is -2.31. The zero-order valence-electron chi connectivity index (χ0n) is 12.9. The second-order valence-electron chi connectivity index (χ2n) is 5.53. The number of aromatic nitrogens is 3. The van der Waals surface area contributed by atoms with E-state index in [0.717, 1.165) is 36.7 Å². The molecule has 0 fully saturated rings. The molecule has 4 aromatic rings. The van der Waals surface area contributed by atoms with E-state index in [9.17, 15) is 0 Å². The fourth-order valence-electron chi connectivity index (χ4n) is 2.74. The van der Waals surface area contributed by atoms with Crippen LogP contribution in [0.3, 0.4) is 0 Å². The second-order valence-corrected chi connectivity index (χ2v) is 7.36. The molecular weight excluding hydrogens is 444 g/mol. The van der Waals surface area contributed by atoms with Crippen molar-refractivity contribution in [2.24, 2.45) is 0 Å². The molecule has 0 amide bonds. The number of halogens is 2.